The molecule has 0 saturated heterocycles. The van der Waals surface area contributed by atoms with E-state index >= 15 is 0 Å². The Morgan fingerprint density at radius 1 is 0.550 bits per heavy atom. The predicted molar refractivity (Wildman–Crippen MR) is 75.6 cm³/mol. The number of rotatable bonds is 2. The van der Waals surface area contributed by atoms with E-state index in [1.807, 2.05) is 54.6 Å². The van der Waals surface area contributed by atoms with Gasteiger partial charge in [0, 0.05) is 33.5 Å². The Kier molecular flexibility index (Phi) is 6.16. The molecule has 0 aliphatic heterocycles. The number of hydrogen-bond donors (Lipinski definition) is 0. The van der Waals surface area contributed by atoms with Crippen molar-refractivity contribution in [2.75, 3.05) is 0 Å². The summed E-state index contributed by atoms with van der Waals surface area (Å²) in [6.45, 7) is 0. The van der Waals surface area contributed by atoms with E-state index in [1.54, 1.807) is 12.4 Å². The molecule has 0 aromatic carbocycles. The molecule has 3 rings (SSSR count). The van der Waals surface area contributed by atoms with Gasteiger partial charge in [0.25, 0.3) is 0 Å². The van der Waals surface area contributed by atoms with Crippen LogP contribution in [0.25, 0.3) is 22.8 Å². The molecule has 0 aliphatic carbocycles. The topological polar surface area (TPSA) is 71.7 Å². The molecular formula is C15H14N3OPt+. The smallest absolute Gasteiger partial charge is 0.0894 e. The number of pyridine rings is 3. The summed E-state index contributed by atoms with van der Waals surface area (Å²) in [4.78, 5) is 13.2. The Morgan fingerprint density at radius 3 is 1.40 bits per heavy atom. The van der Waals surface area contributed by atoms with E-state index in [2.05, 4.69) is 15.0 Å². The number of aromatic nitrogens is 3. The fourth-order valence-electron chi connectivity index (χ4n) is 1.75. The van der Waals surface area contributed by atoms with Gasteiger partial charge in [0.05, 0.1) is 22.8 Å². The number of nitrogens with zero attached hydrogens (tertiary/aromatic N) is 3. The molecule has 4 nitrogen and oxygen atoms in total. The van der Waals surface area contributed by atoms with Crippen molar-refractivity contribution in [2.45, 2.75) is 0 Å². The van der Waals surface area contributed by atoms with Crippen molar-refractivity contribution in [1.29, 1.82) is 0 Å². The average Bonchev–Trinajstić information content (AvgIpc) is 2.49. The van der Waals surface area contributed by atoms with E-state index in [-0.39, 0.29) is 26.5 Å². The second-order valence-corrected chi connectivity index (χ2v) is 3.84. The van der Waals surface area contributed by atoms with Gasteiger partial charge >= 0.3 is 0 Å². The summed E-state index contributed by atoms with van der Waals surface area (Å²) in [7, 11) is 0. The van der Waals surface area contributed by atoms with E-state index in [4.69, 9.17) is 0 Å². The number of hydrogen-bond acceptors (Lipinski definition) is 3. The van der Waals surface area contributed by atoms with Gasteiger partial charge < -0.3 is 5.48 Å². The van der Waals surface area contributed by atoms with Gasteiger partial charge in [0.2, 0.25) is 0 Å². The molecule has 0 saturated carbocycles. The fourth-order valence-corrected chi connectivity index (χ4v) is 1.75. The van der Waals surface area contributed by atoms with Crippen molar-refractivity contribution in [3.05, 3.63) is 67.0 Å². The maximum absolute atomic E-state index is 4.59. The normalized spacial score (nSPS) is 9.20. The Hall–Kier alpha value is -1.90. The predicted octanol–water partition coefficient (Wildman–Crippen LogP) is 2.28. The Balaban J connectivity index is 0.000001000. The minimum atomic E-state index is 0. The molecule has 0 radical (unpaired) electrons. The maximum atomic E-state index is 4.59. The second-order valence-electron chi connectivity index (χ2n) is 3.84. The SMILES string of the molecule is [OH3+].[Pt].c1ccc(-c2cccc(-c3ccccn3)n2)nc1. The molecule has 5 heteroatoms. The van der Waals surface area contributed by atoms with Gasteiger partial charge in [-0.2, -0.15) is 0 Å². The monoisotopic (exact) mass is 447 g/mol. The van der Waals surface area contributed by atoms with Gasteiger partial charge in [-0.15, -0.1) is 0 Å². The van der Waals surface area contributed by atoms with Gasteiger partial charge in [-0.25, -0.2) is 4.98 Å². The molecule has 0 aliphatic rings. The molecule has 3 heterocycles. The molecule has 0 bridgehead atoms. The Morgan fingerprint density at radius 2 is 1.00 bits per heavy atom. The summed E-state index contributed by atoms with van der Waals surface area (Å²) in [5, 5.41) is 0. The van der Waals surface area contributed by atoms with Crippen LogP contribution in [-0.4, -0.2) is 15.0 Å². The molecule has 3 N–H and O–H groups in total. The summed E-state index contributed by atoms with van der Waals surface area (Å²) >= 11 is 0. The zero-order valence-corrected chi connectivity index (χ0v) is 12.9. The first-order valence-corrected chi connectivity index (χ1v) is 5.73. The quantitative estimate of drug-likeness (QED) is 0.566. The molecule has 0 fully saturated rings. The zero-order chi connectivity index (χ0) is 12.2. The van der Waals surface area contributed by atoms with Crippen molar-refractivity contribution in [3.63, 3.8) is 0 Å². The molecule has 0 amide bonds. The van der Waals surface area contributed by atoms with Crippen LogP contribution in [0.1, 0.15) is 0 Å². The van der Waals surface area contributed by atoms with E-state index in [0.29, 0.717) is 0 Å². The van der Waals surface area contributed by atoms with E-state index in [9.17, 15) is 0 Å². The van der Waals surface area contributed by atoms with Crippen LogP contribution in [0.5, 0.6) is 0 Å². The first-order valence-electron chi connectivity index (χ1n) is 5.73. The van der Waals surface area contributed by atoms with Crippen molar-refractivity contribution in [3.8, 4) is 22.8 Å². The molecule has 20 heavy (non-hydrogen) atoms. The van der Waals surface area contributed by atoms with Crippen LogP contribution in [0, 0.1) is 0 Å². The third kappa shape index (κ3) is 3.56. The van der Waals surface area contributed by atoms with Crippen LogP contribution in [-0.2, 0) is 26.5 Å². The van der Waals surface area contributed by atoms with Crippen molar-refractivity contribution < 1.29 is 26.5 Å². The maximum Gasteiger partial charge on any atom is 0.0894 e. The molecule has 0 atom stereocenters. The summed E-state index contributed by atoms with van der Waals surface area (Å²) in [6, 6.07) is 17.5. The van der Waals surface area contributed by atoms with Gasteiger partial charge in [0.1, 0.15) is 0 Å². The van der Waals surface area contributed by atoms with Crippen LogP contribution in [0.3, 0.4) is 0 Å². The van der Waals surface area contributed by atoms with Crippen LogP contribution < -0.4 is 0 Å². The molecule has 3 aromatic heterocycles. The summed E-state index contributed by atoms with van der Waals surface area (Å²) in [6.07, 6.45) is 3.54. The fraction of sp³-hybridized carbons (Fsp3) is 0. The second kappa shape index (κ2) is 7.63. The van der Waals surface area contributed by atoms with Gasteiger partial charge in [-0.1, -0.05) is 18.2 Å². The Bertz CT molecular complexity index is 593. The van der Waals surface area contributed by atoms with E-state index in [1.165, 1.54) is 0 Å². The van der Waals surface area contributed by atoms with Gasteiger partial charge in [-0.05, 0) is 36.4 Å². The average molecular weight is 447 g/mol. The minimum Gasteiger partial charge on any atom is -0.457 e. The van der Waals surface area contributed by atoms with Gasteiger partial charge in [0.15, 0.2) is 0 Å². The molecule has 0 spiro atoms. The van der Waals surface area contributed by atoms with Crippen molar-refractivity contribution >= 4 is 0 Å². The van der Waals surface area contributed by atoms with Crippen LogP contribution in [0.15, 0.2) is 67.0 Å². The summed E-state index contributed by atoms with van der Waals surface area (Å²) in [5.74, 6) is 0. The van der Waals surface area contributed by atoms with Crippen LogP contribution >= 0.6 is 0 Å². The molecule has 0 unspecified atom stereocenters. The molecular weight excluding hydrogens is 433 g/mol. The van der Waals surface area contributed by atoms with E-state index < -0.39 is 0 Å². The first-order chi connectivity index (χ1) is 8.93. The Labute approximate surface area is 131 Å². The third-order valence-corrected chi connectivity index (χ3v) is 2.60. The first kappa shape index (κ1) is 16.2. The standard InChI is InChI=1S/C15H11N3.H2O.Pt/c1-3-10-16-12(6-1)14-8-5-9-15(18-14)13-7-2-4-11-17-13;;/h1-11H;1H2;/p+1. The van der Waals surface area contributed by atoms with Crippen molar-refractivity contribution in [2.24, 2.45) is 0 Å². The molecule has 104 valence electrons. The third-order valence-electron chi connectivity index (χ3n) is 2.60. The van der Waals surface area contributed by atoms with Crippen molar-refractivity contribution in [1.82, 2.24) is 15.0 Å². The zero-order valence-electron chi connectivity index (χ0n) is 10.6. The largest absolute Gasteiger partial charge is 0.457 e. The van der Waals surface area contributed by atoms with Crippen LogP contribution in [0.4, 0.5) is 0 Å². The van der Waals surface area contributed by atoms with Crippen LogP contribution in [0.2, 0.25) is 0 Å². The van der Waals surface area contributed by atoms with Gasteiger partial charge in [-0.3, -0.25) is 9.97 Å². The molecule has 3 aromatic rings. The summed E-state index contributed by atoms with van der Waals surface area (Å²) < 4.78 is 0. The minimum absolute atomic E-state index is 0. The van der Waals surface area contributed by atoms with E-state index in [0.717, 1.165) is 22.8 Å². The summed E-state index contributed by atoms with van der Waals surface area (Å²) in [5.41, 5.74) is 3.46.